The van der Waals surface area contributed by atoms with E-state index in [1.807, 2.05) is 60.7 Å². The molecule has 2 N–H and O–H groups in total. The second kappa shape index (κ2) is 11.3. The molecule has 0 saturated carbocycles. The lowest BCUT2D eigenvalue weighted by Gasteiger charge is -2.11. The van der Waals surface area contributed by atoms with Gasteiger partial charge >= 0.3 is 0 Å². The van der Waals surface area contributed by atoms with Gasteiger partial charge in [0.15, 0.2) is 0 Å². The molecule has 4 rings (SSSR count). The topological polar surface area (TPSA) is 62.7 Å². The first kappa shape index (κ1) is 23.3. The second-order valence-electron chi connectivity index (χ2n) is 7.27. The maximum atomic E-state index is 12.0. The second-order valence-corrected chi connectivity index (χ2v) is 9.37. The molecule has 0 saturated heterocycles. The maximum absolute atomic E-state index is 12.0. The number of hydrazone groups is 1. The number of benzene rings is 4. The Labute approximate surface area is 214 Å². The summed E-state index contributed by atoms with van der Waals surface area (Å²) in [5.74, 6) is 0.518. The normalized spacial score (nSPS) is 11.0. The zero-order chi connectivity index (χ0) is 23.0. The number of hydrogen-bond donors (Lipinski definition) is 2. The third-order valence-electron chi connectivity index (χ3n) is 4.92. The van der Waals surface area contributed by atoms with Crippen LogP contribution in [0.4, 0.5) is 5.69 Å². The van der Waals surface area contributed by atoms with Gasteiger partial charge in [0.05, 0.1) is 17.2 Å². The molecule has 1 amide bonds. The summed E-state index contributed by atoms with van der Waals surface area (Å²) in [6.45, 7) is 0.611. The van der Waals surface area contributed by atoms with Crippen LogP contribution in [-0.2, 0) is 11.4 Å². The van der Waals surface area contributed by atoms with E-state index in [0.29, 0.717) is 6.61 Å². The summed E-state index contributed by atoms with van der Waals surface area (Å²) in [4.78, 5) is 12.0. The highest BCUT2D eigenvalue weighted by atomic mass is 127. The molecule has 0 unspecified atom stereocenters. The Balaban J connectivity index is 1.30. The molecule has 4 aromatic rings. The van der Waals surface area contributed by atoms with Crippen molar-refractivity contribution in [2.24, 2.45) is 5.10 Å². The number of hydrogen-bond acceptors (Lipinski definition) is 4. The lowest BCUT2D eigenvalue weighted by atomic mass is 10.1. The SMILES string of the molecule is O=C(CNc1ccc(I)cc1)N/N=C\c1ccc(OCc2cccc3ccccc23)c(Br)c1. The summed E-state index contributed by atoms with van der Waals surface area (Å²) >= 11 is 5.80. The van der Waals surface area contributed by atoms with Crippen LogP contribution in [0.2, 0.25) is 0 Å². The van der Waals surface area contributed by atoms with Gasteiger partial charge in [0, 0.05) is 9.26 Å². The summed E-state index contributed by atoms with van der Waals surface area (Å²) in [5, 5.41) is 9.48. The Hall–Kier alpha value is -2.91. The van der Waals surface area contributed by atoms with Crippen LogP contribution in [0.1, 0.15) is 11.1 Å². The molecular formula is C26H21BrIN3O2. The average molecular weight is 614 g/mol. The lowest BCUT2D eigenvalue weighted by Crippen LogP contribution is -2.25. The molecule has 33 heavy (non-hydrogen) atoms. The van der Waals surface area contributed by atoms with E-state index in [9.17, 15) is 4.79 Å². The molecule has 166 valence electrons. The van der Waals surface area contributed by atoms with E-state index in [1.165, 1.54) is 10.8 Å². The fourth-order valence-corrected chi connectivity index (χ4v) is 4.13. The predicted molar refractivity (Wildman–Crippen MR) is 146 cm³/mol. The summed E-state index contributed by atoms with van der Waals surface area (Å²) in [6.07, 6.45) is 1.60. The van der Waals surface area contributed by atoms with Gasteiger partial charge in [0.25, 0.3) is 5.91 Å². The molecule has 0 bridgehead atoms. The molecule has 0 spiro atoms. The minimum absolute atomic E-state index is 0.141. The van der Waals surface area contributed by atoms with Crippen molar-refractivity contribution < 1.29 is 9.53 Å². The highest BCUT2D eigenvalue weighted by Gasteiger charge is 2.06. The largest absolute Gasteiger partial charge is 0.488 e. The molecule has 7 heteroatoms. The number of carbonyl (C=O) groups excluding carboxylic acids is 1. The number of nitrogens with zero attached hydrogens (tertiary/aromatic N) is 1. The first-order valence-corrected chi connectivity index (χ1v) is 12.2. The van der Waals surface area contributed by atoms with Crippen molar-refractivity contribution in [2.45, 2.75) is 6.61 Å². The molecular weight excluding hydrogens is 593 g/mol. The molecule has 0 aromatic heterocycles. The minimum Gasteiger partial charge on any atom is -0.488 e. The fraction of sp³-hybridized carbons (Fsp3) is 0.0769. The molecule has 0 heterocycles. The number of fused-ring (bicyclic) bond motifs is 1. The number of ether oxygens (including phenoxy) is 1. The Morgan fingerprint density at radius 2 is 1.79 bits per heavy atom. The highest BCUT2D eigenvalue weighted by Crippen LogP contribution is 2.27. The van der Waals surface area contributed by atoms with Gasteiger partial charge in [-0.1, -0.05) is 42.5 Å². The Kier molecular flexibility index (Phi) is 7.96. The van der Waals surface area contributed by atoms with Crippen LogP contribution in [0.5, 0.6) is 5.75 Å². The Morgan fingerprint density at radius 1 is 1.00 bits per heavy atom. The smallest absolute Gasteiger partial charge is 0.259 e. The Morgan fingerprint density at radius 3 is 2.61 bits per heavy atom. The van der Waals surface area contributed by atoms with Crippen molar-refractivity contribution in [1.29, 1.82) is 0 Å². The molecule has 0 aliphatic rings. The summed E-state index contributed by atoms with van der Waals surface area (Å²) in [5.41, 5.74) is 5.39. The molecule has 4 aromatic carbocycles. The van der Waals surface area contributed by atoms with Gasteiger partial charge in [0.1, 0.15) is 12.4 Å². The van der Waals surface area contributed by atoms with E-state index in [1.54, 1.807) is 6.21 Å². The fourth-order valence-electron chi connectivity index (χ4n) is 3.26. The number of nitrogens with one attached hydrogen (secondary N) is 2. The van der Waals surface area contributed by atoms with Crippen molar-refractivity contribution in [3.63, 3.8) is 0 Å². The summed E-state index contributed by atoms with van der Waals surface area (Å²) in [7, 11) is 0. The molecule has 0 fully saturated rings. The van der Waals surface area contributed by atoms with Gasteiger partial charge in [-0.2, -0.15) is 5.10 Å². The van der Waals surface area contributed by atoms with E-state index in [-0.39, 0.29) is 12.5 Å². The van der Waals surface area contributed by atoms with Crippen molar-refractivity contribution in [3.8, 4) is 5.75 Å². The van der Waals surface area contributed by atoms with Crippen LogP contribution in [0, 0.1) is 3.57 Å². The molecule has 0 aliphatic heterocycles. The first-order valence-electron chi connectivity index (χ1n) is 10.3. The summed E-state index contributed by atoms with van der Waals surface area (Å²) in [6, 6.07) is 28.0. The molecule has 0 aliphatic carbocycles. The number of anilines is 1. The first-order chi connectivity index (χ1) is 16.1. The van der Waals surface area contributed by atoms with Crippen LogP contribution >= 0.6 is 38.5 Å². The van der Waals surface area contributed by atoms with Crippen LogP contribution in [-0.4, -0.2) is 18.7 Å². The van der Waals surface area contributed by atoms with E-state index in [4.69, 9.17) is 4.74 Å². The molecule has 0 atom stereocenters. The van der Waals surface area contributed by atoms with Crippen LogP contribution in [0.3, 0.4) is 0 Å². The van der Waals surface area contributed by atoms with E-state index in [0.717, 1.165) is 30.6 Å². The molecule has 5 nitrogen and oxygen atoms in total. The van der Waals surface area contributed by atoms with Gasteiger partial charge in [-0.25, -0.2) is 5.43 Å². The Bertz CT molecular complexity index is 1290. The zero-order valence-electron chi connectivity index (χ0n) is 17.6. The van der Waals surface area contributed by atoms with Crippen molar-refractivity contribution in [3.05, 3.63) is 104 Å². The van der Waals surface area contributed by atoms with Gasteiger partial charge in [0.2, 0.25) is 0 Å². The number of halogens is 2. The van der Waals surface area contributed by atoms with Crippen LogP contribution < -0.4 is 15.5 Å². The molecule has 0 radical (unpaired) electrons. The predicted octanol–water partition coefficient (Wildman–Crippen LogP) is 6.35. The third-order valence-corrected chi connectivity index (χ3v) is 6.26. The highest BCUT2D eigenvalue weighted by molar-refractivity contribution is 14.1. The van der Waals surface area contributed by atoms with Crippen molar-refractivity contribution in [1.82, 2.24) is 5.43 Å². The number of amides is 1. The summed E-state index contributed by atoms with van der Waals surface area (Å²) < 4.78 is 8.00. The van der Waals surface area contributed by atoms with Crippen LogP contribution in [0.15, 0.2) is 94.5 Å². The average Bonchev–Trinajstić information content (AvgIpc) is 2.83. The van der Waals surface area contributed by atoms with Gasteiger partial charge in [-0.05, 0) is 103 Å². The van der Waals surface area contributed by atoms with Gasteiger partial charge < -0.3 is 10.1 Å². The quantitative estimate of drug-likeness (QED) is 0.138. The monoisotopic (exact) mass is 613 g/mol. The van der Waals surface area contributed by atoms with E-state index >= 15 is 0 Å². The van der Waals surface area contributed by atoms with Gasteiger partial charge in [-0.3, -0.25) is 4.79 Å². The number of carbonyl (C=O) groups is 1. The number of rotatable bonds is 8. The van der Waals surface area contributed by atoms with Crippen LogP contribution in [0.25, 0.3) is 10.8 Å². The maximum Gasteiger partial charge on any atom is 0.259 e. The van der Waals surface area contributed by atoms with E-state index in [2.05, 4.69) is 78.6 Å². The van der Waals surface area contributed by atoms with Crippen molar-refractivity contribution >= 4 is 67.1 Å². The zero-order valence-corrected chi connectivity index (χ0v) is 21.3. The lowest BCUT2D eigenvalue weighted by molar-refractivity contribution is -0.119. The van der Waals surface area contributed by atoms with E-state index < -0.39 is 0 Å². The minimum atomic E-state index is -0.223. The van der Waals surface area contributed by atoms with Crippen molar-refractivity contribution in [2.75, 3.05) is 11.9 Å². The standard InChI is InChI=1S/C26H21BrIN3O2/c27-24-14-18(15-30-31-26(32)16-29-22-11-9-21(28)10-12-22)8-13-25(24)33-17-20-6-3-5-19-4-1-2-7-23(19)20/h1-15,29H,16-17H2,(H,31,32)/b30-15-. The third kappa shape index (κ3) is 6.55. The van der Waals surface area contributed by atoms with Gasteiger partial charge in [-0.15, -0.1) is 0 Å².